The van der Waals surface area contributed by atoms with E-state index in [4.69, 9.17) is 9.47 Å². The Morgan fingerprint density at radius 1 is 1.23 bits per heavy atom. The lowest BCUT2D eigenvalue weighted by molar-refractivity contribution is -0.119. The van der Waals surface area contributed by atoms with Gasteiger partial charge in [-0.15, -0.1) is 0 Å². The minimum Gasteiger partial charge on any atom is -0.497 e. The number of para-hydroxylation sites is 1. The van der Waals surface area contributed by atoms with Crippen molar-refractivity contribution in [3.8, 4) is 11.5 Å². The van der Waals surface area contributed by atoms with Crippen molar-refractivity contribution in [1.82, 2.24) is 14.9 Å². The largest absolute Gasteiger partial charge is 0.497 e. The smallest absolute Gasteiger partial charge is 0.262 e. The van der Waals surface area contributed by atoms with E-state index in [1.807, 2.05) is 43.3 Å². The number of aromatic nitrogens is 2. The number of hydrogen-bond donors (Lipinski definition) is 1. The summed E-state index contributed by atoms with van der Waals surface area (Å²) in [6.07, 6.45) is 1.93. The number of carbonyl (C=O) groups excluding carboxylic acids is 1. The minimum absolute atomic E-state index is 0.0366. The second kappa shape index (κ2) is 9.01. The third-order valence-electron chi connectivity index (χ3n) is 5.30. The van der Waals surface area contributed by atoms with E-state index >= 15 is 0 Å². The van der Waals surface area contributed by atoms with Crippen LogP contribution in [0.5, 0.6) is 11.5 Å². The van der Waals surface area contributed by atoms with Crippen LogP contribution in [0.4, 0.5) is 0 Å². The molecule has 0 aliphatic heterocycles. The van der Waals surface area contributed by atoms with Crippen molar-refractivity contribution in [3.05, 3.63) is 58.4 Å². The van der Waals surface area contributed by atoms with Crippen molar-refractivity contribution >= 4 is 28.6 Å². The molecule has 7 nitrogen and oxygen atoms in total. The Balaban J connectivity index is 1.50. The van der Waals surface area contributed by atoms with E-state index in [-0.39, 0.29) is 29.3 Å². The number of methoxy groups -OCH3 is 2. The summed E-state index contributed by atoms with van der Waals surface area (Å²) in [5, 5.41) is 4.20. The zero-order valence-electron chi connectivity index (χ0n) is 17.8. The number of hydrogen-bond acceptors (Lipinski definition) is 6. The Morgan fingerprint density at radius 2 is 2.00 bits per heavy atom. The molecule has 1 unspecified atom stereocenters. The van der Waals surface area contributed by atoms with Crippen molar-refractivity contribution in [2.45, 2.75) is 37.0 Å². The number of nitrogens with zero attached hydrogens (tertiary/aromatic N) is 2. The number of thioether (sulfide) groups is 1. The first-order valence-electron chi connectivity index (χ1n) is 10.2. The van der Waals surface area contributed by atoms with Gasteiger partial charge in [-0.25, -0.2) is 4.98 Å². The number of benzene rings is 2. The topological polar surface area (TPSA) is 82.5 Å². The SMILES string of the molecule is COc1ccc(OC)c(C(C)NC(=O)CSc2nc3ccccc3c(=O)n2C2CC2)c1. The molecule has 0 saturated heterocycles. The average Bonchev–Trinajstić information content (AvgIpc) is 3.62. The molecule has 2 aromatic carbocycles. The maximum Gasteiger partial charge on any atom is 0.262 e. The van der Waals surface area contributed by atoms with Crippen LogP contribution in [0.2, 0.25) is 0 Å². The number of ether oxygens (including phenoxy) is 2. The van der Waals surface area contributed by atoms with Crippen LogP contribution in [0.25, 0.3) is 10.9 Å². The lowest BCUT2D eigenvalue weighted by Crippen LogP contribution is -2.29. The third kappa shape index (κ3) is 4.54. The van der Waals surface area contributed by atoms with Crippen molar-refractivity contribution in [2.24, 2.45) is 0 Å². The molecule has 1 heterocycles. The molecule has 0 bridgehead atoms. The average molecular weight is 440 g/mol. The van der Waals surface area contributed by atoms with Gasteiger partial charge in [0.15, 0.2) is 5.16 Å². The van der Waals surface area contributed by atoms with E-state index in [9.17, 15) is 9.59 Å². The molecule has 4 rings (SSSR count). The van der Waals surface area contributed by atoms with Crippen LogP contribution >= 0.6 is 11.8 Å². The molecule has 1 aliphatic rings. The molecule has 31 heavy (non-hydrogen) atoms. The first-order chi connectivity index (χ1) is 15.0. The van der Waals surface area contributed by atoms with E-state index < -0.39 is 0 Å². The summed E-state index contributed by atoms with van der Waals surface area (Å²) < 4.78 is 12.5. The highest BCUT2D eigenvalue weighted by Crippen LogP contribution is 2.37. The highest BCUT2D eigenvalue weighted by atomic mass is 32.2. The molecule has 1 fully saturated rings. The van der Waals surface area contributed by atoms with Gasteiger partial charge in [-0.05, 0) is 50.1 Å². The van der Waals surface area contributed by atoms with Crippen LogP contribution in [0.3, 0.4) is 0 Å². The van der Waals surface area contributed by atoms with Crippen LogP contribution in [-0.4, -0.2) is 35.4 Å². The summed E-state index contributed by atoms with van der Waals surface area (Å²) >= 11 is 1.29. The molecule has 1 atom stereocenters. The Hall–Kier alpha value is -3.00. The third-order valence-corrected chi connectivity index (χ3v) is 6.25. The van der Waals surface area contributed by atoms with Gasteiger partial charge >= 0.3 is 0 Å². The predicted molar refractivity (Wildman–Crippen MR) is 121 cm³/mol. The van der Waals surface area contributed by atoms with Crippen LogP contribution in [0.1, 0.15) is 37.4 Å². The molecule has 1 N–H and O–H groups in total. The fraction of sp³-hybridized carbons (Fsp3) is 0.348. The Bertz CT molecular complexity index is 1170. The standard InChI is InChI=1S/C23H25N3O4S/c1-14(18-12-16(29-2)10-11-20(18)30-3)24-21(27)13-31-23-25-19-7-5-4-6-17(19)22(28)26(23)15-8-9-15/h4-7,10-12,14-15H,8-9,13H2,1-3H3,(H,24,27). The molecule has 1 aromatic heterocycles. The predicted octanol–water partition coefficient (Wildman–Crippen LogP) is 3.72. The van der Waals surface area contributed by atoms with Gasteiger partial charge < -0.3 is 14.8 Å². The zero-order valence-corrected chi connectivity index (χ0v) is 18.6. The first kappa shape index (κ1) is 21.2. The highest BCUT2D eigenvalue weighted by Gasteiger charge is 2.29. The van der Waals surface area contributed by atoms with E-state index in [0.29, 0.717) is 27.6 Å². The number of rotatable bonds is 8. The first-order valence-corrected chi connectivity index (χ1v) is 11.2. The molecule has 8 heteroatoms. The normalized spacial score (nSPS) is 14.3. The molecule has 1 aliphatic carbocycles. The van der Waals surface area contributed by atoms with Gasteiger partial charge in [0.05, 0.1) is 36.9 Å². The lowest BCUT2D eigenvalue weighted by Gasteiger charge is -2.18. The minimum atomic E-state index is -0.270. The van der Waals surface area contributed by atoms with Crippen molar-refractivity contribution in [2.75, 3.05) is 20.0 Å². The number of carbonyl (C=O) groups is 1. The Labute approximate surface area is 184 Å². The molecule has 162 valence electrons. The van der Waals surface area contributed by atoms with Gasteiger partial charge in [0.2, 0.25) is 5.91 Å². The number of amides is 1. The van der Waals surface area contributed by atoms with E-state index in [1.54, 1.807) is 24.9 Å². The van der Waals surface area contributed by atoms with Crippen LogP contribution in [0, 0.1) is 0 Å². The fourth-order valence-corrected chi connectivity index (χ4v) is 4.43. The maximum absolute atomic E-state index is 13.0. The van der Waals surface area contributed by atoms with Crippen molar-refractivity contribution < 1.29 is 14.3 Å². The van der Waals surface area contributed by atoms with Crippen molar-refractivity contribution in [3.63, 3.8) is 0 Å². The summed E-state index contributed by atoms with van der Waals surface area (Å²) in [4.78, 5) is 30.3. The summed E-state index contributed by atoms with van der Waals surface area (Å²) in [6.45, 7) is 1.90. The zero-order chi connectivity index (χ0) is 22.0. The summed E-state index contributed by atoms with van der Waals surface area (Å²) in [6, 6.07) is 12.7. The molecular formula is C23H25N3O4S. The molecule has 3 aromatic rings. The highest BCUT2D eigenvalue weighted by molar-refractivity contribution is 7.99. The van der Waals surface area contributed by atoms with Gasteiger partial charge in [-0.3, -0.25) is 14.2 Å². The molecule has 1 saturated carbocycles. The summed E-state index contributed by atoms with van der Waals surface area (Å²) in [5.41, 5.74) is 1.45. The van der Waals surface area contributed by atoms with E-state index in [0.717, 1.165) is 18.4 Å². The van der Waals surface area contributed by atoms with Crippen LogP contribution in [0.15, 0.2) is 52.4 Å². The Kier molecular flexibility index (Phi) is 6.18. The maximum atomic E-state index is 13.0. The quantitative estimate of drug-likeness (QED) is 0.426. The monoisotopic (exact) mass is 439 g/mol. The van der Waals surface area contributed by atoms with Gasteiger partial charge in [-0.2, -0.15) is 0 Å². The number of fused-ring (bicyclic) bond motifs is 1. The van der Waals surface area contributed by atoms with Crippen molar-refractivity contribution in [1.29, 1.82) is 0 Å². The molecule has 0 radical (unpaired) electrons. The van der Waals surface area contributed by atoms with Crippen LogP contribution in [-0.2, 0) is 4.79 Å². The van der Waals surface area contributed by atoms with Gasteiger partial charge in [0.1, 0.15) is 11.5 Å². The van der Waals surface area contributed by atoms with Gasteiger partial charge in [-0.1, -0.05) is 23.9 Å². The van der Waals surface area contributed by atoms with Gasteiger partial charge in [0.25, 0.3) is 5.56 Å². The number of nitrogens with one attached hydrogen (secondary N) is 1. The van der Waals surface area contributed by atoms with Gasteiger partial charge in [0, 0.05) is 11.6 Å². The lowest BCUT2D eigenvalue weighted by atomic mass is 10.1. The Morgan fingerprint density at radius 3 is 2.71 bits per heavy atom. The molecular weight excluding hydrogens is 414 g/mol. The van der Waals surface area contributed by atoms with E-state index in [2.05, 4.69) is 10.3 Å². The molecule has 1 amide bonds. The summed E-state index contributed by atoms with van der Waals surface area (Å²) in [7, 11) is 3.19. The second-order valence-corrected chi connectivity index (χ2v) is 8.45. The molecule has 0 spiro atoms. The summed E-state index contributed by atoms with van der Waals surface area (Å²) in [5.74, 6) is 1.39. The second-order valence-electron chi connectivity index (χ2n) is 7.50. The fourth-order valence-electron chi connectivity index (χ4n) is 3.55. The van der Waals surface area contributed by atoms with E-state index in [1.165, 1.54) is 11.8 Å². The van der Waals surface area contributed by atoms with Crippen LogP contribution < -0.4 is 20.3 Å².